The molecule has 0 spiro atoms. The smallest absolute Gasteiger partial charge is 0.273 e. The first-order chi connectivity index (χ1) is 8.54. The van der Waals surface area contributed by atoms with E-state index in [-0.39, 0.29) is 11.1 Å². The minimum atomic E-state index is -0.263. The van der Waals surface area contributed by atoms with E-state index in [0.29, 0.717) is 5.56 Å². The summed E-state index contributed by atoms with van der Waals surface area (Å²) in [5.74, 6) is 0. The van der Waals surface area contributed by atoms with Gasteiger partial charge in [-0.2, -0.15) is 5.26 Å². The number of aromatic nitrogens is 1. The van der Waals surface area contributed by atoms with Gasteiger partial charge in [0.1, 0.15) is 11.6 Å². The zero-order valence-electron chi connectivity index (χ0n) is 10.7. The summed E-state index contributed by atoms with van der Waals surface area (Å²) in [6, 6.07) is 9.57. The van der Waals surface area contributed by atoms with E-state index in [0.717, 1.165) is 11.3 Å². The normalized spacial score (nSPS) is 10.1. The van der Waals surface area contributed by atoms with E-state index in [1.807, 2.05) is 38.1 Å². The molecular weight excluding hydrogens is 224 g/mol. The molecule has 0 saturated heterocycles. The first-order valence-corrected chi connectivity index (χ1v) is 5.74. The van der Waals surface area contributed by atoms with Gasteiger partial charge in [0.05, 0.1) is 0 Å². The topological polar surface area (TPSA) is 45.8 Å². The Balaban J connectivity index is 2.69. The Morgan fingerprint density at radius 2 is 1.78 bits per heavy atom. The standard InChI is InChI=1S/C15H14N2O/c1-10-4-5-13(8-12(10)3)17-7-6-11(2)14(9-16)15(17)18/h4-8H,1-3H3. The average molecular weight is 238 g/mol. The SMILES string of the molecule is Cc1ccc(-n2ccc(C)c(C#N)c2=O)cc1C. The highest BCUT2D eigenvalue weighted by atomic mass is 16.1. The van der Waals surface area contributed by atoms with Gasteiger partial charge in [0, 0.05) is 11.9 Å². The van der Waals surface area contributed by atoms with Gasteiger partial charge < -0.3 is 0 Å². The Labute approximate surface area is 106 Å². The lowest BCUT2D eigenvalue weighted by Gasteiger charge is -2.09. The van der Waals surface area contributed by atoms with Crippen LogP contribution in [0.5, 0.6) is 0 Å². The van der Waals surface area contributed by atoms with Crippen molar-refractivity contribution in [3.05, 3.63) is 63.1 Å². The number of hydrogen-bond donors (Lipinski definition) is 0. The van der Waals surface area contributed by atoms with Crippen molar-refractivity contribution < 1.29 is 0 Å². The van der Waals surface area contributed by atoms with E-state index < -0.39 is 0 Å². The van der Waals surface area contributed by atoms with Crippen LogP contribution in [-0.2, 0) is 0 Å². The Kier molecular flexibility index (Phi) is 3.03. The third-order valence-corrected chi connectivity index (χ3v) is 3.18. The van der Waals surface area contributed by atoms with Crippen LogP contribution in [0.15, 0.2) is 35.3 Å². The zero-order valence-corrected chi connectivity index (χ0v) is 10.7. The van der Waals surface area contributed by atoms with Gasteiger partial charge >= 0.3 is 0 Å². The van der Waals surface area contributed by atoms with Crippen molar-refractivity contribution in [2.45, 2.75) is 20.8 Å². The van der Waals surface area contributed by atoms with E-state index >= 15 is 0 Å². The lowest BCUT2D eigenvalue weighted by molar-refractivity contribution is 0.969. The van der Waals surface area contributed by atoms with Gasteiger partial charge in [-0.25, -0.2) is 0 Å². The van der Waals surface area contributed by atoms with E-state index in [1.54, 1.807) is 19.2 Å². The molecule has 18 heavy (non-hydrogen) atoms. The van der Waals surface area contributed by atoms with Crippen molar-refractivity contribution in [3.63, 3.8) is 0 Å². The first-order valence-electron chi connectivity index (χ1n) is 5.74. The van der Waals surface area contributed by atoms with Gasteiger partial charge in [0.2, 0.25) is 0 Å². The Morgan fingerprint density at radius 1 is 1.06 bits per heavy atom. The molecule has 3 heteroatoms. The fourth-order valence-electron chi connectivity index (χ4n) is 1.84. The molecule has 0 N–H and O–H groups in total. The van der Waals surface area contributed by atoms with Crippen molar-refractivity contribution in [3.8, 4) is 11.8 Å². The molecule has 0 atom stereocenters. The molecule has 2 rings (SSSR count). The summed E-state index contributed by atoms with van der Waals surface area (Å²) in [4.78, 5) is 12.2. The number of rotatable bonds is 1. The van der Waals surface area contributed by atoms with E-state index in [9.17, 15) is 4.79 Å². The van der Waals surface area contributed by atoms with Crippen LogP contribution in [0.2, 0.25) is 0 Å². The van der Waals surface area contributed by atoms with Crippen LogP contribution in [0.4, 0.5) is 0 Å². The molecule has 0 fully saturated rings. The summed E-state index contributed by atoms with van der Waals surface area (Å²) >= 11 is 0. The molecule has 1 heterocycles. The molecule has 0 bridgehead atoms. The summed E-state index contributed by atoms with van der Waals surface area (Å²) in [6.45, 7) is 5.80. The molecule has 2 aromatic rings. The maximum absolute atomic E-state index is 12.2. The highest BCUT2D eigenvalue weighted by molar-refractivity contribution is 5.43. The zero-order chi connectivity index (χ0) is 13.3. The Hall–Kier alpha value is -2.34. The summed E-state index contributed by atoms with van der Waals surface area (Å²) < 4.78 is 1.51. The lowest BCUT2D eigenvalue weighted by Crippen LogP contribution is -2.21. The molecule has 0 amide bonds. The van der Waals surface area contributed by atoms with Crippen molar-refractivity contribution >= 4 is 0 Å². The van der Waals surface area contributed by atoms with Crippen LogP contribution >= 0.6 is 0 Å². The highest BCUT2D eigenvalue weighted by Gasteiger charge is 2.08. The molecular formula is C15H14N2O. The van der Waals surface area contributed by atoms with Crippen LogP contribution < -0.4 is 5.56 Å². The van der Waals surface area contributed by atoms with E-state index in [2.05, 4.69) is 0 Å². The van der Waals surface area contributed by atoms with Crippen LogP contribution in [0, 0.1) is 32.1 Å². The van der Waals surface area contributed by atoms with Gasteiger partial charge in [-0.1, -0.05) is 6.07 Å². The van der Waals surface area contributed by atoms with Crippen LogP contribution in [-0.4, -0.2) is 4.57 Å². The summed E-state index contributed by atoms with van der Waals surface area (Å²) in [5, 5.41) is 9.01. The minimum absolute atomic E-state index is 0.204. The van der Waals surface area contributed by atoms with Gasteiger partial charge in [-0.3, -0.25) is 9.36 Å². The molecule has 1 aromatic heterocycles. The minimum Gasteiger partial charge on any atom is -0.283 e. The van der Waals surface area contributed by atoms with Crippen molar-refractivity contribution in [2.24, 2.45) is 0 Å². The number of nitrogens with zero attached hydrogens (tertiary/aromatic N) is 2. The number of benzene rings is 1. The molecule has 0 aliphatic heterocycles. The van der Waals surface area contributed by atoms with Crippen molar-refractivity contribution in [2.75, 3.05) is 0 Å². The quantitative estimate of drug-likeness (QED) is 0.766. The van der Waals surface area contributed by atoms with Gasteiger partial charge in [-0.15, -0.1) is 0 Å². The molecule has 90 valence electrons. The molecule has 0 aliphatic carbocycles. The molecule has 0 radical (unpaired) electrons. The monoisotopic (exact) mass is 238 g/mol. The van der Waals surface area contributed by atoms with Gasteiger partial charge in [0.25, 0.3) is 5.56 Å². The second-order valence-electron chi connectivity index (χ2n) is 4.43. The molecule has 1 aromatic carbocycles. The summed E-state index contributed by atoms with van der Waals surface area (Å²) in [5.41, 5.74) is 3.75. The largest absolute Gasteiger partial charge is 0.283 e. The van der Waals surface area contributed by atoms with Crippen molar-refractivity contribution in [1.29, 1.82) is 5.26 Å². The molecule has 0 saturated carbocycles. The molecule has 3 nitrogen and oxygen atoms in total. The van der Waals surface area contributed by atoms with Crippen LogP contribution in [0.3, 0.4) is 0 Å². The second kappa shape index (κ2) is 4.50. The number of nitriles is 1. The maximum Gasteiger partial charge on any atom is 0.273 e. The Bertz CT molecular complexity index is 705. The number of aryl methyl sites for hydroxylation is 3. The molecule has 0 unspecified atom stereocenters. The Morgan fingerprint density at radius 3 is 2.39 bits per heavy atom. The summed E-state index contributed by atoms with van der Waals surface area (Å²) in [6.07, 6.45) is 1.71. The molecule has 0 aliphatic rings. The highest BCUT2D eigenvalue weighted by Crippen LogP contribution is 2.13. The fraction of sp³-hybridized carbons (Fsp3) is 0.200. The van der Waals surface area contributed by atoms with Gasteiger partial charge in [0.15, 0.2) is 0 Å². The van der Waals surface area contributed by atoms with Crippen LogP contribution in [0.25, 0.3) is 5.69 Å². The summed E-state index contributed by atoms with van der Waals surface area (Å²) in [7, 11) is 0. The maximum atomic E-state index is 12.2. The van der Waals surface area contributed by atoms with Crippen LogP contribution in [0.1, 0.15) is 22.3 Å². The third-order valence-electron chi connectivity index (χ3n) is 3.18. The second-order valence-corrected chi connectivity index (χ2v) is 4.43. The predicted molar refractivity (Wildman–Crippen MR) is 71.0 cm³/mol. The number of pyridine rings is 1. The van der Waals surface area contributed by atoms with E-state index in [4.69, 9.17) is 5.26 Å². The average Bonchev–Trinajstić information content (AvgIpc) is 2.34. The van der Waals surface area contributed by atoms with Crippen molar-refractivity contribution in [1.82, 2.24) is 4.57 Å². The first kappa shape index (κ1) is 12.1. The fourth-order valence-corrected chi connectivity index (χ4v) is 1.84. The predicted octanol–water partition coefficient (Wildman–Crippen LogP) is 2.63. The lowest BCUT2D eigenvalue weighted by atomic mass is 10.1. The van der Waals surface area contributed by atoms with E-state index in [1.165, 1.54) is 10.1 Å². The third kappa shape index (κ3) is 1.93. The van der Waals surface area contributed by atoms with Gasteiger partial charge in [-0.05, 0) is 55.7 Å². The number of hydrogen-bond acceptors (Lipinski definition) is 2.